The van der Waals surface area contributed by atoms with Crippen LogP contribution in [0.3, 0.4) is 0 Å². The van der Waals surface area contributed by atoms with Crippen LogP contribution in [0.15, 0.2) is 36.7 Å². The first-order valence-corrected chi connectivity index (χ1v) is 8.60. The van der Waals surface area contributed by atoms with Gasteiger partial charge in [-0.05, 0) is 24.5 Å². The molecule has 0 unspecified atom stereocenters. The van der Waals surface area contributed by atoms with Gasteiger partial charge in [-0.2, -0.15) is 0 Å². The lowest BCUT2D eigenvalue weighted by molar-refractivity contribution is -0.141. The van der Waals surface area contributed by atoms with Crippen molar-refractivity contribution < 1.29 is 9.90 Å². The predicted molar refractivity (Wildman–Crippen MR) is 92.8 cm³/mol. The van der Waals surface area contributed by atoms with Crippen LogP contribution in [-0.4, -0.2) is 38.6 Å². The highest BCUT2D eigenvalue weighted by molar-refractivity contribution is 5.72. The van der Waals surface area contributed by atoms with Gasteiger partial charge in [0.1, 0.15) is 5.82 Å². The van der Waals surface area contributed by atoms with E-state index in [1.165, 1.54) is 5.56 Å². The van der Waals surface area contributed by atoms with E-state index in [-0.39, 0.29) is 11.8 Å². The molecule has 0 amide bonds. The Morgan fingerprint density at radius 3 is 2.83 bits per heavy atom. The van der Waals surface area contributed by atoms with E-state index in [1.54, 1.807) is 0 Å². The van der Waals surface area contributed by atoms with Crippen molar-refractivity contribution in [3.63, 3.8) is 0 Å². The van der Waals surface area contributed by atoms with Crippen LogP contribution >= 0.6 is 0 Å². The zero-order valence-electron chi connectivity index (χ0n) is 14.4. The van der Waals surface area contributed by atoms with E-state index in [1.807, 2.05) is 24.5 Å². The van der Waals surface area contributed by atoms with Crippen LogP contribution in [0.5, 0.6) is 0 Å². The molecule has 1 aromatic heterocycles. The molecule has 1 N–H and O–H groups in total. The van der Waals surface area contributed by atoms with Gasteiger partial charge in [0.2, 0.25) is 0 Å². The molecule has 24 heavy (non-hydrogen) atoms. The SMILES string of the molecule is CCCn1ccnc1CN1C[C@@H](C(=O)O)[C@H](c2ccccc2C)C1. The number of nitrogens with zero attached hydrogens (tertiary/aromatic N) is 3. The number of carboxylic acids is 1. The standard InChI is InChI=1S/C19H25N3O2/c1-3-9-22-10-8-20-18(22)13-21-11-16(17(12-21)19(23)24)15-7-5-4-6-14(15)2/h4-8,10,16-17H,3,9,11-13H2,1-2H3,(H,23,24)/t16-,17+/m0/s1. The Hall–Kier alpha value is -2.14. The van der Waals surface area contributed by atoms with E-state index in [4.69, 9.17) is 0 Å². The summed E-state index contributed by atoms with van der Waals surface area (Å²) in [5.41, 5.74) is 2.33. The number of rotatable bonds is 6. The van der Waals surface area contributed by atoms with E-state index in [9.17, 15) is 9.90 Å². The van der Waals surface area contributed by atoms with Crippen molar-refractivity contribution in [3.8, 4) is 0 Å². The summed E-state index contributed by atoms with van der Waals surface area (Å²) in [6.07, 6.45) is 4.89. The molecular formula is C19H25N3O2. The second kappa shape index (κ2) is 7.18. The van der Waals surface area contributed by atoms with Crippen molar-refractivity contribution in [2.24, 2.45) is 5.92 Å². The molecule has 5 nitrogen and oxygen atoms in total. The summed E-state index contributed by atoms with van der Waals surface area (Å²) in [6.45, 7) is 7.21. The lowest BCUT2D eigenvalue weighted by Gasteiger charge is -2.18. The number of benzene rings is 1. The van der Waals surface area contributed by atoms with Crippen molar-refractivity contribution in [1.82, 2.24) is 14.5 Å². The molecule has 2 heterocycles. The third-order valence-electron chi connectivity index (χ3n) is 4.93. The van der Waals surface area contributed by atoms with Crippen LogP contribution in [0.25, 0.3) is 0 Å². The first-order valence-electron chi connectivity index (χ1n) is 8.60. The maximum atomic E-state index is 11.8. The quantitative estimate of drug-likeness (QED) is 0.886. The van der Waals surface area contributed by atoms with Gasteiger partial charge in [-0.15, -0.1) is 0 Å². The maximum Gasteiger partial charge on any atom is 0.308 e. The van der Waals surface area contributed by atoms with Crippen molar-refractivity contribution in [2.45, 2.75) is 39.3 Å². The Kier molecular flexibility index (Phi) is 5.00. The summed E-state index contributed by atoms with van der Waals surface area (Å²) in [4.78, 5) is 18.5. The highest BCUT2D eigenvalue weighted by Crippen LogP contribution is 2.35. The molecule has 0 saturated carbocycles. The number of aryl methyl sites for hydroxylation is 2. The van der Waals surface area contributed by atoms with Gasteiger partial charge in [0, 0.05) is 37.9 Å². The molecule has 1 fully saturated rings. The Morgan fingerprint density at radius 1 is 1.33 bits per heavy atom. The molecule has 1 saturated heterocycles. The molecule has 5 heteroatoms. The Morgan fingerprint density at radius 2 is 2.12 bits per heavy atom. The first-order chi connectivity index (χ1) is 11.6. The summed E-state index contributed by atoms with van der Waals surface area (Å²) < 4.78 is 2.16. The zero-order chi connectivity index (χ0) is 17.1. The molecule has 128 valence electrons. The van der Waals surface area contributed by atoms with Gasteiger partial charge in [-0.25, -0.2) is 4.98 Å². The molecular weight excluding hydrogens is 302 g/mol. The molecule has 2 atom stereocenters. The number of hydrogen-bond acceptors (Lipinski definition) is 3. The number of imidazole rings is 1. The minimum absolute atomic E-state index is 0.0401. The number of hydrogen-bond donors (Lipinski definition) is 1. The summed E-state index contributed by atoms with van der Waals surface area (Å²) in [5.74, 6) is -0.00643. The molecule has 0 spiro atoms. The highest BCUT2D eigenvalue weighted by Gasteiger charge is 2.39. The smallest absolute Gasteiger partial charge is 0.308 e. The summed E-state index contributed by atoms with van der Waals surface area (Å²) in [5, 5.41) is 9.67. The van der Waals surface area contributed by atoms with Gasteiger partial charge in [-0.3, -0.25) is 9.69 Å². The molecule has 1 aromatic carbocycles. The molecule has 0 radical (unpaired) electrons. The molecule has 3 rings (SSSR count). The second-order valence-corrected chi connectivity index (χ2v) is 6.64. The minimum Gasteiger partial charge on any atom is -0.481 e. The Labute approximate surface area is 142 Å². The van der Waals surface area contributed by atoms with Crippen LogP contribution in [0.2, 0.25) is 0 Å². The van der Waals surface area contributed by atoms with Crippen LogP contribution in [0, 0.1) is 12.8 Å². The Balaban J connectivity index is 1.79. The van der Waals surface area contributed by atoms with Gasteiger partial charge in [-0.1, -0.05) is 31.2 Å². The molecule has 2 aromatic rings. The van der Waals surface area contributed by atoms with E-state index in [2.05, 4.69) is 40.4 Å². The first kappa shape index (κ1) is 16.7. The number of carboxylic acid groups (broad SMARTS) is 1. The fourth-order valence-electron chi connectivity index (χ4n) is 3.72. The third kappa shape index (κ3) is 3.36. The molecule has 0 aliphatic carbocycles. The van der Waals surface area contributed by atoms with E-state index in [0.717, 1.165) is 30.9 Å². The molecule has 0 bridgehead atoms. The number of likely N-dealkylation sites (tertiary alicyclic amines) is 1. The molecule has 1 aliphatic rings. The van der Waals surface area contributed by atoms with Crippen molar-refractivity contribution in [3.05, 3.63) is 53.6 Å². The second-order valence-electron chi connectivity index (χ2n) is 6.64. The van der Waals surface area contributed by atoms with Crippen molar-refractivity contribution >= 4 is 5.97 Å². The topological polar surface area (TPSA) is 58.4 Å². The van der Waals surface area contributed by atoms with Gasteiger partial charge < -0.3 is 9.67 Å². The predicted octanol–water partition coefficient (Wildman–Crippen LogP) is 2.90. The minimum atomic E-state index is -0.706. The van der Waals surface area contributed by atoms with E-state index in [0.29, 0.717) is 13.1 Å². The number of aromatic nitrogens is 2. The third-order valence-corrected chi connectivity index (χ3v) is 4.93. The lowest BCUT2D eigenvalue weighted by atomic mass is 9.86. The monoisotopic (exact) mass is 327 g/mol. The summed E-state index contributed by atoms with van der Waals surface area (Å²) in [7, 11) is 0. The normalized spacial score (nSPS) is 21.2. The van der Waals surface area contributed by atoms with Crippen molar-refractivity contribution in [2.75, 3.05) is 13.1 Å². The average Bonchev–Trinajstić information content (AvgIpc) is 3.16. The van der Waals surface area contributed by atoms with E-state index >= 15 is 0 Å². The molecule has 1 aliphatic heterocycles. The van der Waals surface area contributed by atoms with Gasteiger partial charge in [0.05, 0.1) is 12.5 Å². The fourth-order valence-corrected chi connectivity index (χ4v) is 3.72. The lowest BCUT2D eigenvalue weighted by Crippen LogP contribution is -2.24. The summed E-state index contributed by atoms with van der Waals surface area (Å²) >= 11 is 0. The fraction of sp³-hybridized carbons (Fsp3) is 0.474. The van der Waals surface area contributed by atoms with Gasteiger partial charge >= 0.3 is 5.97 Å². The zero-order valence-corrected chi connectivity index (χ0v) is 14.4. The van der Waals surface area contributed by atoms with Crippen LogP contribution in [-0.2, 0) is 17.9 Å². The highest BCUT2D eigenvalue weighted by atomic mass is 16.4. The maximum absolute atomic E-state index is 11.8. The Bertz CT molecular complexity index is 710. The van der Waals surface area contributed by atoms with E-state index < -0.39 is 5.97 Å². The van der Waals surface area contributed by atoms with Gasteiger partial charge in [0.25, 0.3) is 0 Å². The van der Waals surface area contributed by atoms with Crippen molar-refractivity contribution in [1.29, 1.82) is 0 Å². The number of carbonyl (C=O) groups is 1. The largest absolute Gasteiger partial charge is 0.481 e. The average molecular weight is 327 g/mol. The van der Waals surface area contributed by atoms with Gasteiger partial charge in [0.15, 0.2) is 0 Å². The van der Waals surface area contributed by atoms with Crippen LogP contribution < -0.4 is 0 Å². The van der Waals surface area contributed by atoms with Crippen LogP contribution in [0.4, 0.5) is 0 Å². The summed E-state index contributed by atoms with van der Waals surface area (Å²) in [6, 6.07) is 8.13. The number of aliphatic carboxylic acids is 1. The van der Waals surface area contributed by atoms with Crippen LogP contribution in [0.1, 0.15) is 36.2 Å².